The first-order valence-corrected chi connectivity index (χ1v) is 7.15. The molecule has 1 heterocycles. The predicted octanol–water partition coefficient (Wildman–Crippen LogP) is 0.724. The molecule has 0 atom stereocenters. The highest BCUT2D eigenvalue weighted by atomic mass is 16.6. The topological polar surface area (TPSA) is 151 Å². The summed E-state index contributed by atoms with van der Waals surface area (Å²) in [6, 6.07) is 3.22. The van der Waals surface area contributed by atoms with Crippen molar-refractivity contribution in [1.82, 2.24) is 10.3 Å². The van der Waals surface area contributed by atoms with Crippen molar-refractivity contribution < 1.29 is 29.2 Å². The Morgan fingerprint density at radius 1 is 1.48 bits per heavy atom. The van der Waals surface area contributed by atoms with Gasteiger partial charge >= 0.3 is 12.0 Å². The lowest BCUT2D eigenvalue weighted by Crippen LogP contribution is -2.24. The summed E-state index contributed by atoms with van der Waals surface area (Å²) < 4.78 is 5.35. The second-order valence-electron chi connectivity index (χ2n) is 4.98. The number of nitrogens with zero attached hydrogens (tertiary/aromatic N) is 3. The quantitative estimate of drug-likeness (QED) is 0.230. The summed E-state index contributed by atoms with van der Waals surface area (Å²) in [6.45, 7) is -0.141. The zero-order chi connectivity index (χ0) is 18.4. The number of carboxylic acids is 1. The third-order valence-electron chi connectivity index (χ3n) is 3.11. The molecule has 11 nitrogen and oxygen atoms in total. The minimum absolute atomic E-state index is 0.0562. The molecule has 0 unspecified atom stereocenters. The number of carbonyl (C=O) groups is 3. The number of hydrazone groups is 1. The van der Waals surface area contributed by atoms with Crippen LogP contribution in [0.3, 0.4) is 0 Å². The van der Waals surface area contributed by atoms with Gasteiger partial charge in [-0.15, -0.1) is 0 Å². The molecular weight excluding hydrogens is 336 g/mol. The lowest BCUT2D eigenvalue weighted by Gasteiger charge is -2.07. The molecule has 1 aliphatic rings. The fourth-order valence-electron chi connectivity index (χ4n) is 1.96. The van der Waals surface area contributed by atoms with Gasteiger partial charge in [0.25, 0.3) is 5.69 Å². The molecule has 0 radical (unpaired) electrons. The van der Waals surface area contributed by atoms with E-state index in [9.17, 15) is 24.5 Å². The number of benzene rings is 1. The summed E-state index contributed by atoms with van der Waals surface area (Å²) in [4.78, 5) is 43.4. The molecule has 1 saturated heterocycles. The van der Waals surface area contributed by atoms with Crippen molar-refractivity contribution in [2.45, 2.75) is 12.8 Å². The van der Waals surface area contributed by atoms with Crippen LogP contribution in [0.4, 0.5) is 10.5 Å². The minimum atomic E-state index is -0.946. The molecule has 3 amide bonds. The van der Waals surface area contributed by atoms with Crippen LogP contribution in [-0.2, 0) is 9.59 Å². The van der Waals surface area contributed by atoms with Crippen molar-refractivity contribution in [3.05, 3.63) is 33.9 Å². The number of hydrogen-bond acceptors (Lipinski definition) is 7. The molecule has 0 saturated carbocycles. The molecule has 1 fully saturated rings. The smallest absolute Gasteiger partial charge is 0.344 e. The maximum Gasteiger partial charge on any atom is 0.344 e. The van der Waals surface area contributed by atoms with Crippen LogP contribution in [-0.4, -0.2) is 52.3 Å². The van der Waals surface area contributed by atoms with Crippen LogP contribution in [0.2, 0.25) is 0 Å². The summed E-state index contributed by atoms with van der Waals surface area (Å²) in [5.41, 5.74) is -0.180. The Morgan fingerprint density at radius 2 is 2.24 bits per heavy atom. The summed E-state index contributed by atoms with van der Waals surface area (Å²) >= 11 is 0. The van der Waals surface area contributed by atoms with Gasteiger partial charge in [-0.3, -0.25) is 25.0 Å². The molecule has 0 aliphatic carbocycles. The van der Waals surface area contributed by atoms with Crippen LogP contribution in [0.15, 0.2) is 23.3 Å². The molecule has 11 heteroatoms. The number of ether oxygens (including phenoxy) is 1. The van der Waals surface area contributed by atoms with E-state index in [-0.39, 0.29) is 37.2 Å². The number of urea groups is 1. The van der Waals surface area contributed by atoms with Crippen molar-refractivity contribution in [3.8, 4) is 5.75 Å². The Morgan fingerprint density at radius 3 is 2.84 bits per heavy atom. The monoisotopic (exact) mass is 350 g/mol. The Balaban J connectivity index is 2.12. The second kappa shape index (κ2) is 7.86. The van der Waals surface area contributed by atoms with Crippen LogP contribution in [0, 0.1) is 10.1 Å². The number of rotatable bonds is 8. The zero-order valence-corrected chi connectivity index (χ0v) is 12.9. The third kappa shape index (κ3) is 4.99. The van der Waals surface area contributed by atoms with Gasteiger partial charge in [0.15, 0.2) is 0 Å². The number of nitrogens with one attached hydrogen (secondary N) is 1. The molecule has 1 aliphatic heterocycles. The average molecular weight is 350 g/mol. The van der Waals surface area contributed by atoms with E-state index in [0.717, 1.165) is 11.2 Å². The molecule has 1 aromatic rings. The highest BCUT2D eigenvalue weighted by Crippen LogP contribution is 2.23. The van der Waals surface area contributed by atoms with Crippen LogP contribution in [0.5, 0.6) is 5.75 Å². The number of amides is 3. The number of hydrogen-bond donors (Lipinski definition) is 2. The summed E-state index contributed by atoms with van der Waals surface area (Å²) in [5, 5.41) is 26.3. The van der Waals surface area contributed by atoms with Crippen molar-refractivity contribution in [2.75, 3.05) is 13.2 Å². The Labute approximate surface area is 141 Å². The number of nitro benzene ring substituents is 1. The lowest BCUT2D eigenvalue weighted by atomic mass is 10.2. The van der Waals surface area contributed by atoms with Gasteiger partial charge in [0.1, 0.15) is 12.3 Å². The highest BCUT2D eigenvalue weighted by Gasteiger charge is 2.26. The number of aliphatic carboxylic acids is 1. The van der Waals surface area contributed by atoms with E-state index in [0.29, 0.717) is 5.75 Å². The van der Waals surface area contributed by atoms with E-state index >= 15 is 0 Å². The summed E-state index contributed by atoms with van der Waals surface area (Å²) in [5.74, 6) is -1.18. The van der Waals surface area contributed by atoms with E-state index in [1.807, 2.05) is 5.32 Å². The zero-order valence-electron chi connectivity index (χ0n) is 12.9. The molecule has 0 aromatic heterocycles. The first-order valence-electron chi connectivity index (χ1n) is 7.15. The lowest BCUT2D eigenvalue weighted by molar-refractivity contribution is -0.385. The molecule has 0 bridgehead atoms. The van der Waals surface area contributed by atoms with E-state index in [1.54, 1.807) is 0 Å². The van der Waals surface area contributed by atoms with Crippen LogP contribution in [0.1, 0.15) is 18.4 Å². The fraction of sp³-hybridized carbons (Fsp3) is 0.286. The SMILES string of the molecule is O=C(O)CCCOc1ccc([N+](=O)[O-])c(/C=N/N2CC(=O)NC2=O)c1. The molecule has 2 N–H and O–H groups in total. The first kappa shape index (κ1) is 17.8. The molecule has 132 valence electrons. The van der Waals surface area contributed by atoms with E-state index < -0.39 is 22.8 Å². The predicted molar refractivity (Wildman–Crippen MR) is 83.3 cm³/mol. The van der Waals surface area contributed by atoms with Crippen molar-refractivity contribution in [1.29, 1.82) is 0 Å². The van der Waals surface area contributed by atoms with Crippen molar-refractivity contribution in [3.63, 3.8) is 0 Å². The van der Waals surface area contributed by atoms with Gasteiger partial charge < -0.3 is 9.84 Å². The van der Waals surface area contributed by atoms with Crippen molar-refractivity contribution >= 4 is 29.8 Å². The highest BCUT2D eigenvalue weighted by molar-refractivity contribution is 6.02. The normalized spacial score (nSPS) is 14.0. The van der Waals surface area contributed by atoms with Crippen LogP contribution >= 0.6 is 0 Å². The third-order valence-corrected chi connectivity index (χ3v) is 3.11. The molecule has 2 rings (SSSR count). The molecule has 0 spiro atoms. The van der Waals surface area contributed by atoms with Gasteiger partial charge in [-0.2, -0.15) is 5.10 Å². The summed E-state index contributed by atoms with van der Waals surface area (Å²) in [7, 11) is 0. The maximum absolute atomic E-state index is 11.4. The standard InChI is InChI=1S/C14H14N4O7/c19-12-8-17(14(22)16-12)15-7-9-6-10(3-4-11(9)18(23)24)25-5-1-2-13(20)21/h3-4,6-7H,1-2,5,8H2,(H,20,21)(H,16,19,22)/b15-7+. The van der Waals surface area contributed by atoms with Gasteiger partial charge in [-0.1, -0.05) is 0 Å². The molecule has 1 aromatic carbocycles. The van der Waals surface area contributed by atoms with Gasteiger partial charge in [0.05, 0.1) is 23.3 Å². The van der Waals surface area contributed by atoms with Gasteiger partial charge in [0.2, 0.25) is 5.91 Å². The fourth-order valence-corrected chi connectivity index (χ4v) is 1.96. The largest absolute Gasteiger partial charge is 0.494 e. The van der Waals surface area contributed by atoms with Gasteiger partial charge in [-0.25, -0.2) is 9.80 Å². The van der Waals surface area contributed by atoms with E-state index in [2.05, 4.69) is 5.10 Å². The van der Waals surface area contributed by atoms with Crippen molar-refractivity contribution in [2.24, 2.45) is 5.10 Å². The molecular formula is C14H14N4O7. The average Bonchev–Trinajstić information content (AvgIpc) is 2.87. The number of carboxylic acid groups (broad SMARTS) is 1. The van der Waals surface area contributed by atoms with Gasteiger partial charge in [-0.05, 0) is 18.6 Å². The Kier molecular flexibility index (Phi) is 5.61. The maximum atomic E-state index is 11.4. The first-order chi connectivity index (χ1) is 11.9. The Hall–Kier alpha value is -3.50. The number of carbonyl (C=O) groups excluding carboxylic acids is 2. The Bertz CT molecular complexity index is 747. The van der Waals surface area contributed by atoms with Crippen LogP contribution < -0.4 is 10.1 Å². The second-order valence-corrected chi connectivity index (χ2v) is 4.98. The molecule has 25 heavy (non-hydrogen) atoms. The van der Waals surface area contributed by atoms with E-state index in [1.165, 1.54) is 18.2 Å². The number of nitro groups is 1. The van der Waals surface area contributed by atoms with Crippen LogP contribution in [0.25, 0.3) is 0 Å². The minimum Gasteiger partial charge on any atom is -0.494 e. The van der Waals surface area contributed by atoms with Gasteiger partial charge in [0, 0.05) is 12.5 Å². The summed E-state index contributed by atoms with van der Waals surface area (Å²) in [6.07, 6.45) is 1.31. The number of imide groups is 1. The van der Waals surface area contributed by atoms with E-state index in [4.69, 9.17) is 9.84 Å².